The van der Waals surface area contributed by atoms with Crippen molar-refractivity contribution >= 4 is 5.91 Å². The second-order valence-corrected chi connectivity index (χ2v) is 4.50. The Morgan fingerprint density at radius 1 is 1.26 bits per heavy atom. The molecule has 2 atom stereocenters. The number of rotatable bonds is 4. The number of benzene rings is 1. The molecule has 19 heavy (non-hydrogen) atoms. The highest BCUT2D eigenvalue weighted by Gasteiger charge is 2.30. The fourth-order valence-electron chi connectivity index (χ4n) is 1.40. The van der Waals surface area contributed by atoms with Gasteiger partial charge in [-0.05, 0) is 37.1 Å². The van der Waals surface area contributed by atoms with E-state index < -0.39 is 17.6 Å². The molecule has 0 saturated heterocycles. The maximum atomic E-state index is 12.4. The molecule has 0 bridgehead atoms. The molecule has 1 aromatic carbocycles. The highest BCUT2D eigenvalue weighted by Crippen LogP contribution is 2.29. The van der Waals surface area contributed by atoms with Crippen LogP contribution in [0.2, 0.25) is 0 Å². The van der Waals surface area contributed by atoms with Crippen LogP contribution in [0.15, 0.2) is 24.3 Å². The van der Waals surface area contributed by atoms with Crippen LogP contribution >= 0.6 is 0 Å². The summed E-state index contributed by atoms with van der Waals surface area (Å²) in [6.45, 7) is 3.41. The number of carbonyl (C=O) groups excluding carboxylic acids is 1. The molecule has 0 radical (unpaired) electrons. The van der Waals surface area contributed by atoms with Crippen LogP contribution in [-0.2, 0) is 6.18 Å². The van der Waals surface area contributed by atoms with E-state index in [0.29, 0.717) is 0 Å². The molecule has 0 saturated carbocycles. The summed E-state index contributed by atoms with van der Waals surface area (Å²) in [4.78, 5) is 11.8. The fourth-order valence-corrected chi connectivity index (χ4v) is 1.40. The molecule has 1 amide bonds. The third kappa shape index (κ3) is 4.24. The minimum absolute atomic E-state index is 0.0749. The zero-order valence-corrected chi connectivity index (χ0v) is 10.7. The van der Waals surface area contributed by atoms with Gasteiger partial charge in [-0.2, -0.15) is 13.2 Å². The van der Waals surface area contributed by atoms with Crippen LogP contribution < -0.4 is 5.32 Å². The lowest BCUT2D eigenvalue weighted by atomic mass is 10.0. The first kappa shape index (κ1) is 15.5. The number of nitrogens with one attached hydrogen (secondary N) is 1. The lowest BCUT2D eigenvalue weighted by Gasteiger charge is -2.19. The molecule has 0 aliphatic rings. The van der Waals surface area contributed by atoms with Crippen LogP contribution in [0.3, 0.4) is 0 Å². The quantitative estimate of drug-likeness (QED) is 0.886. The average Bonchev–Trinajstić information content (AvgIpc) is 2.36. The fraction of sp³-hybridized carbons (Fsp3) is 0.462. The molecular weight excluding hydrogens is 259 g/mol. The summed E-state index contributed by atoms with van der Waals surface area (Å²) in [7, 11) is 0. The average molecular weight is 275 g/mol. The Bertz CT molecular complexity index is 429. The Hall–Kier alpha value is -1.56. The summed E-state index contributed by atoms with van der Waals surface area (Å²) in [6.07, 6.45) is -4.41. The van der Waals surface area contributed by atoms with Gasteiger partial charge in [-0.3, -0.25) is 4.79 Å². The van der Waals surface area contributed by atoms with Crippen molar-refractivity contribution in [3.63, 3.8) is 0 Å². The summed E-state index contributed by atoms with van der Waals surface area (Å²) in [5, 5.41) is 11.6. The maximum absolute atomic E-state index is 12.4. The van der Waals surface area contributed by atoms with Crippen molar-refractivity contribution in [2.45, 2.75) is 26.1 Å². The standard InChI is InChI=1S/C13H16F3NO2/c1-8(7-18)9(2)17-12(19)10-3-5-11(6-4-10)13(14,15)16/h3-6,8-9,18H,7H2,1-2H3,(H,17,19). The third-order valence-electron chi connectivity index (χ3n) is 2.97. The normalized spacial score (nSPS) is 14.8. The summed E-state index contributed by atoms with van der Waals surface area (Å²) < 4.78 is 37.1. The van der Waals surface area contributed by atoms with Crippen molar-refractivity contribution in [1.82, 2.24) is 5.32 Å². The van der Waals surface area contributed by atoms with E-state index >= 15 is 0 Å². The molecule has 0 aliphatic carbocycles. The van der Waals surface area contributed by atoms with Crippen LogP contribution in [0.4, 0.5) is 13.2 Å². The van der Waals surface area contributed by atoms with Crippen molar-refractivity contribution in [3.05, 3.63) is 35.4 Å². The monoisotopic (exact) mass is 275 g/mol. The van der Waals surface area contributed by atoms with Gasteiger partial charge in [-0.1, -0.05) is 6.92 Å². The minimum atomic E-state index is -4.41. The van der Waals surface area contributed by atoms with E-state index in [2.05, 4.69) is 5.32 Å². The number of aliphatic hydroxyl groups excluding tert-OH is 1. The van der Waals surface area contributed by atoms with E-state index in [1.54, 1.807) is 13.8 Å². The van der Waals surface area contributed by atoms with E-state index in [1.807, 2.05) is 0 Å². The first-order valence-corrected chi connectivity index (χ1v) is 5.84. The zero-order valence-electron chi connectivity index (χ0n) is 10.7. The van der Waals surface area contributed by atoms with Crippen molar-refractivity contribution in [2.75, 3.05) is 6.61 Å². The molecule has 2 unspecified atom stereocenters. The van der Waals surface area contributed by atoms with Crippen LogP contribution in [0.1, 0.15) is 29.8 Å². The van der Waals surface area contributed by atoms with Gasteiger partial charge in [0.1, 0.15) is 0 Å². The number of amides is 1. The Balaban J connectivity index is 2.74. The molecular formula is C13H16F3NO2. The van der Waals surface area contributed by atoms with E-state index in [9.17, 15) is 18.0 Å². The van der Waals surface area contributed by atoms with Gasteiger partial charge in [0.15, 0.2) is 0 Å². The van der Waals surface area contributed by atoms with Gasteiger partial charge in [0.25, 0.3) is 5.91 Å². The molecule has 0 heterocycles. The molecule has 0 fully saturated rings. The molecule has 0 spiro atoms. The van der Waals surface area contributed by atoms with Gasteiger partial charge < -0.3 is 10.4 Å². The van der Waals surface area contributed by atoms with Crippen molar-refractivity contribution < 1.29 is 23.1 Å². The molecule has 2 N–H and O–H groups in total. The number of aliphatic hydroxyl groups is 1. The minimum Gasteiger partial charge on any atom is -0.396 e. The second-order valence-electron chi connectivity index (χ2n) is 4.50. The largest absolute Gasteiger partial charge is 0.416 e. The Kier molecular flexibility index (Phi) is 4.94. The van der Waals surface area contributed by atoms with Crippen molar-refractivity contribution in [1.29, 1.82) is 0 Å². The van der Waals surface area contributed by atoms with Crippen LogP contribution in [-0.4, -0.2) is 23.7 Å². The predicted octanol–water partition coefficient (Wildman–Crippen LogP) is 2.45. The van der Waals surface area contributed by atoms with E-state index in [0.717, 1.165) is 24.3 Å². The molecule has 0 aromatic heterocycles. The second kappa shape index (κ2) is 6.06. The van der Waals surface area contributed by atoms with Gasteiger partial charge in [0.2, 0.25) is 0 Å². The Labute approximate surface area is 109 Å². The van der Waals surface area contributed by atoms with Gasteiger partial charge in [-0.15, -0.1) is 0 Å². The van der Waals surface area contributed by atoms with Gasteiger partial charge >= 0.3 is 6.18 Å². The van der Waals surface area contributed by atoms with Crippen LogP contribution in [0, 0.1) is 5.92 Å². The number of halogens is 3. The first-order valence-electron chi connectivity index (χ1n) is 5.84. The molecule has 106 valence electrons. The van der Waals surface area contributed by atoms with Gasteiger partial charge in [0.05, 0.1) is 5.56 Å². The smallest absolute Gasteiger partial charge is 0.396 e. The Morgan fingerprint density at radius 3 is 2.21 bits per heavy atom. The molecule has 0 aliphatic heterocycles. The van der Waals surface area contributed by atoms with E-state index in [-0.39, 0.29) is 24.1 Å². The summed E-state index contributed by atoms with van der Waals surface area (Å²) in [6, 6.07) is 3.74. The first-order chi connectivity index (χ1) is 8.75. The summed E-state index contributed by atoms with van der Waals surface area (Å²) in [5.74, 6) is -0.583. The summed E-state index contributed by atoms with van der Waals surface area (Å²) >= 11 is 0. The van der Waals surface area contributed by atoms with Gasteiger partial charge in [-0.25, -0.2) is 0 Å². The number of hydrogen-bond donors (Lipinski definition) is 2. The van der Waals surface area contributed by atoms with Crippen LogP contribution in [0.5, 0.6) is 0 Å². The number of carbonyl (C=O) groups is 1. The van der Waals surface area contributed by atoms with Crippen molar-refractivity contribution in [2.24, 2.45) is 5.92 Å². The highest BCUT2D eigenvalue weighted by molar-refractivity contribution is 5.94. The molecule has 6 heteroatoms. The van der Waals surface area contributed by atoms with Gasteiger partial charge in [0, 0.05) is 18.2 Å². The molecule has 1 rings (SSSR count). The summed E-state index contributed by atoms with van der Waals surface area (Å²) in [5.41, 5.74) is -0.634. The lowest BCUT2D eigenvalue weighted by molar-refractivity contribution is -0.137. The van der Waals surface area contributed by atoms with E-state index in [1.165, 1.54) is 0 Å². The van der Waals surface area contributed by atoms with Crippen molar-refractivity contribution in [3.8, 4) is 0 Å². The van der Waals surface area contributed by atoms with Crippen LogP contribution in [0.25, 0.3) is 0 Å². The number of alkyl halides is 3. The molecule has 1 aromatic rings. The zero-order chi connectivity index (χ0) is 14.6. The number of hydrogen-bond acceptors (Lipinski definition) is 2. The highest BCUT2D eigenvalue weighted by atomic mass is 19.4. The maximum Gasteiger partial charge on any atom is 0.416 e. The van der Waals surface area contributed by atoms with E-state index in [4.69, 9.17) is 5.11 Å². The SMILES string of the molecule is CC(CO)C(C)NC(=O)c1ccc(C(F)(F)F)cc1. The topological polar surface area (TPSA) is 49.3 Å². The predicted molar refractivity (Wildman–Crippen MR) is 64.6 cm³/mol. The third-order valence-corrected chi connectivity index (χ3v) is 2.97. The Morgan fingerprint density at radius 2 is 1.79 bits per heavy atom. The molecule has 3 nitrogen and oxygen atoms in total. The lowest BCUT2D eigenvalue weighted by Crippen LogP contribution is -2.38.